The van der Waals surface area contributed by atoms with Gasteiger partial charge < -0.3 is 15.4 Å². The zero-order valence-corrected chi connectivity index (χ0v) is 17.4. The number of carbonyl (C=O) groups is 1. The molecule has 0 saturated carbocycles. The van der Waals surface area contributed by atoms with Gasteiger partial charge in [0, 0.05) is 22.6 Å². The van der Waals surface area contributed by atoms with Gasteiger partial charge in [-0.15, -0.1) is 0 Å². The number of halogens is 1. The third-order valence-corrected chi connectivity index (χ3v) is 4.67. The predicted molar refractivity (Wildman–Crippen MR) is 121 cm³/mol. The monoisotopic (exact) mass is 455 g/mol. The molecule has 3 N–H and O–H groups in total. The van der Waals surface area contributed by atoms with Crippen LogP contribution in [0.15, 0.2) is 77.3 Å². The van der Waals surface area contributed by atoms with Crippen molar-refractivity contribution in [1.82, 2.24) is 5.32 Å². The lowest BCUT2D eigenvalue weighted by Crippen LogP contribution is -2.34. The molecule has 3 aromatic carbocycles. The average Bonchev–Trinajstić information content (AvgIpc) is 2.70. The first-order valence-electron chi connectivity index (χ1n) is 8.43. The maximum absolute atomic E-state index is 12.3. The first-order chi connectivity index (χ1) is 13.5. The maximum atomic E-state index is 12.3. The van der Waals surface area contributed by atoms with Gasteiger partial charge in [0.1, 0.15) is 5.75 Å². The fourth-order valence-electron chi connectivity index (χ4n) is 2.47. The highest BCUT2D eigenvalue weighted by Crippen LogP contribution is 2.25. The number of rotatable bonds is 5. The summed E-state index contributed by atoms with van der Waals surface area (Å²) in [6.45, 7) is 0. The summed E-state index contributed by atoms with van der Waals surface area (Å²) in [6, 6.07) is 22.6. The second-order valence-electron chi connectivity index (χ2n) is 5.83. The third-order valence-electron chi connectivity index (χ3n) is 3.85. The van der Waals surface area contributed by atoms with Crippen LogP contribution in [0, 0.1) is 0 Å². The Morgan fingerprint density at radius 3 is 2.21 bits per heavy atom. The highest BCUT2D eigenvalue weighted by Gasteiger charge is 2.10. The van der Waals surface area contributed by atoms with Gasteiger partial charge in [-0.05, 0) is 82.7 Å². The van der Waals surface area contributed by atoms with E-state index in [-0.39, 0.29) is 11.0 Å². The van der Waals surface area contributed by atoms with Crippen molar-refractivity contribution in [2.45, 2.75) is 0 Å². The molecule has 0 bridgehead atoms. The number of carbonyl (C=O) groups excluding carboxylic acids is 1. The van der Waals surface area contributed by atoms with Crippen LogP contribution >= 0.6 is 28.1 Å². The Morgan fingerprint density at radius 2 is 1.57 bits per heavy atom. The molecule has 3 rings (SSSR count). The van der Waals surface area contributed by atoms with Crippen LogP contribution in [-0.4, -0.2) is 18.1 Å². The third kappa shape index (κ3) is 5.31. The summed E-state index contributed by atoms with van der Waals surface area (Å²) < 4.78 is 5.86. The molecule has 0 aliphatic heterocycles. The molecule has 3 aromatic rings. The zero-order valence-electron chi connectivity index (χ0n) is 15.0. The van der Waals surface area contributed by atoms with Crippen molar-refractivity contribution >= 4 is 56.2 Å². The quantitative estimate of drug-likeness (QED) is 0.453. The Morgan fingerprint density at radius 1 is 0.929 bits per heavy atom. The van der Waals surface area contributed by atoms with Crippen LogP contribution in [0.5, 0.6) is 5.75 Å². The summed E-state index contributed by atoms with van der Waals surface area (Å²) >= 11 is 8.60. The normalized spacial score (nSPS) is 10.1. The number of amides is 1. The number of nitrogens with one attached hydrogen (secondary N) is 3. The van der Waals surface area contributed by atoms with E-state index in [1.807, 2.05) is 54.6 Å². The molecule has 1 amide bonds. The lowest BCUT2D eigenvalue weighted by molar-refractivity contribution is 0.0977. The minimum Gasteiger partial charge on any atom is -0.496 e. The lowest BCUT2D eigenvalue weighted by atomic mass is 10.2. The standard InChI is InChI=1S/C21H18BrN3O2S/c1-27-19-12-7-14(13-18(19)22)20(26)25-21(28)24-17-10-8-16(9-11-17)23-15-5-3-2-4-6-15/h2-13,23H,1H3,(H2,24,25,26,28). The summed E-state index contributed by atoms with van der Waals surface area (Å²) in [5.74, 6) is 0.352. The van der Waals surface area contributed by atoms with Crippen molar-refractivity contribution in [3.05, 3.63) is 82.8 Å². The predicted octanol–water partition coefficient (Wildman–Crippen LogP) is 5.33. The number of benzene rings is 3. The number of methoxy groups -OCH3 is 1. The molecule has 0 radical (unpaired) electrons. The van der Waals surface area contributed by atoms with Crippen LogP contribution < -0.4 is 20.7 Å². The Kier molecular flexibility index (Phi) is 6.62. The van der Waals surface area contributed by atoms with Gasteiger partial charge in [-0.2, -0.15) is 0 Å². The molecule has 142 valence electrons. The molecule has 0 heterocycles. The van der Waals surface area contributed by atoms with E-state index in [2.05, 4.69) is 31.9 Å². The van der Waals surface area contributed by atoms with Crippen molar-refractivity contribution in [1.29, 1.82) is 0 Å². The van der Waals surface area contributed by atoms with Crippen LogP contribution in [0.1, 0.15) is 10.4 Å². The van der Waals surface area contributed by atoms with E-state index in [0.717, 1.165) is 17.1 Å². The highest BCUT2D eigenvalue weighted by molar-refractivity contribution is 9.10. The first-order valence-corrected chi connectivity index (χ1v) is 9.63. The molecule has 0 aliphatic carbocycles. The summed E-state index contributed by atoms with van der Waals surface area (Å²) in [4.78, 5) is 12.3. The van der Waals surface area contributed by atoms with E-state index in [0.29, 0.717) is 15.8 Å². The summed E-state index contributed by atoms with van der Waals surface area (Å²) in [7, 11) is 1.57. The van der Waals surface area contributed by atoms with E-state index < -0.39 is 0 Å². The van der Waals surface area contributed by atoms with E-state index in [9.17, 15) is 4.79 Å². The molecular formula is C21H18BrN3O2S. The highest BCUT2D eigenvalue weighted by atomic mass is 79.9. The molecule has 0 atom stereocenters. The summed E-state index contributed by atoms with van der Waals surface area (Å²) in [5, 5.41) is 9.20. The molecule has 0 aliphatic rings. The van der Waals surface area contributed by atoms with Gasteiger partial charge in [0.2, 0.25) is 0 Å². The Labute approximate surface area is 177 Å². The minimum atomic E-state index is -0.303. The van der Waals surface area contributed by atoms with E-state index in [1.165, 1.54) is 0 Å². The Bertz CT molecular complexity index is 979. The van der Waals surface area contributed by atoms with Gasteiger partial charge in [-0.1, -0.05) is 18.2 Å². The van der Waals surface area contributed by atoms with Gasteiger partial charge in [-0.25, -0.2) is 0 Å². The SMILES string of the molecule is COc1ccc(C(=O)NC(=S)Nc2ccc(Nc3ccccc3)cc2)cc1Br. The number of ether oxygens (including phenoxy) is 1. The topological polar surface area (TPSA) is 62.4 Å². The van der Waals surface area contributed by atoms with Crippen molar-refractivity contribution in [3.63, 3.8) is 0 Å². The molecule has 0 unspecified atom stereocenters. The molecule has 5 nitrogen and oxygen atoms in total. The van der Waals surface area contributed by atoms with Crippen molar-refractivity contribution in [2.24, 2.45) is 0 Å². The van der Waals surface area contributed by atoms with E-state index in [1.54, 1.807) is 25.3 Å². The van der Waals surface area contributed by atoms with Crippen LogP contribution in [-0.2, 0) is 0 Å². The largest absolute Gasteiger partial charge is 0.496 e. The smallest absolute Gasteiger partial charge is 0.257 e. The Hall–Kier alpha value is -2.90. The number of anilines is 3. The minimum absolute atomic E-state index is 0.223. The molecule has 0 fully saturated rings. The van der Waals surface area contributed by atoms with Gasteiger partial charge in [0.15, 0.2) is 5.11 Å². The first kappa shape index (κ1) is 19.9. The van der Waals surface area contributed by atoms with Crippen LogP contribution in [0.4, 0.5) is 17.1 Å². The molecule has 28 heavy (non-hydrogen) atoms. The molecule has 0 saturated heterocycles. The van der Waals surface area contributed by atoms with Crippen LogP contribution in [0.3, 0.4) is 0 Å². The van der Waals surface area contributed by atoms with Crippen LogP contribution in [0.2, 0.25) is 0 Å². The number of para-hydroxylation sites is 1. The fraction of sp³-hybridized carbons (Fsp3) is 0.0476. The number of hydrogen-bond donors (Lipinski definition) is 3. The molecule has 0 spiro atoms. The second-order valence-corrected chi connectivity index (χ2v) is 7.09. The summed E-state index contributed by atoms with van der Waals surface area (Å²) in [6.07, 6.45) is 0. The number of hydrogen-bond acceptors (Lipinski definition) is 4. The lowest BCUT2D eigenvalue weighted by Gasteiger charge is -2.12. The van der Waals surface area contributed by atoms with Crippen molar-refractivity contribution in [3.8, 4) is 5.75 Å². The number of thiocarbonyl (C=S) groups is 1. The molecular weight excluding hydrogens is 438 g/mol. The average molecular weight is 456 g/mol. The van der Waals surface area contributed by atoms with Crippen LogP contribution in [0.25, 0.3) is 0 Å². The van der Waals surface area contributed by atoms with Gasteiger partial charge in [0.05, 0.1) is 11.6 Å². The fourth-order valence-corrected chi connectivity index (χ4v) is 3.22. The maximum Gasteiger partial charge on any atom is 0.257 e. The van der Waals surface area contributed by atoms with Gasteiger partial charge in [0.25, 0.3) is 5.91 Å². The molecule has 0 aromatic heterocycles. The summed E-state index contributed by atoms with van der Waals surface area (Å²) in [5.41, 5.74) is 3.21. The van der Waals surface area contributed by atoms with E-state index >= 15 is 0 Å². The van der Waals surface area contributed by atoms with Crippen molar-refractivity contribution in [2.75, 3.05) is 17.7 Å². The Balaban J connectivity index is 1.57. The van der Waals surface area contributed by atoms with E-state index in [4.69, 9.17) is 17.0 Å². The molecule has 7 heteroatoms. The van der Waals surface area contributed by atoms with Crippen molar-refractivity contribution < 1.29 is 9.53 Å². The zero-order chi connectivity index (χ0) is 19.9. The second kappa shape index (κ2) is 9.34. The van der Waals surface area contributed by atoms with Gasteiger partial charge >= 0.3 is 0 Å². The van der Waals surface area contributed by atoms with Gasteiger partial charge in [-0.3, -0.25) is 10.1 Å².